The van der Waals surface area contributed by atoms with E-state index in [0.717, 1.165) is 0 Å². The van der Waals surface area contributed by atoms with Gasteiger partial charge in [0.1, 0.15) is 11.5 Å². The number of anilines is 1. The van der Waals surface area contributed by atoms with Crippen molar-refractivity contribution in [1.29, 1.82) is 0 Å². The van der Waals surface area contributed by atoms with Crippen LogP contribution in [0.25, 0.3) is 12.2 Å². The minimum Gasteiger partial charge on any atom is -0.355 e. The first-order valence-electron chi connectivity index (χ1n) is 10.6. The van der Waals surface area contributed by atoms with Gasteiger partial charge in [-0.25, -0.2) is 12.8 Å². The summed E-state index contributed by atoms with van der Waals surface area (Å²) in [6.45, 7) is 1.96. The predicted octanol–water partition coefficient (Wildman–Crippen LogP) is 4.33. The van der Waals surface area contributed by atoms with E-state index in [1.807, 2.05) is 30.3 Å². The number of hydrogen-bond donors (Lipinski definition) is 1. The van der Waals surface area contributed by atoms with Gasteiger partial charge in [0.15, 0.2) is 10.7 Å². The van der Waals surface area contributed by atoms with Gasteiger partial charge in [0.05, 0.1) is 0 Å². The second-order valence-electron chi connectivity index (χ2n) is 7.85. The first-order valence-corrected chi connectivity index (χ1v) is 12.0. The fraction of sp³-hybridized carbons (Fsp3) is 0.250. The molecule has 0 radical (unpaired) electrons. The molecule has 0 bridgehead atoms. The summed E-state index contributed by atoms with van der Waals surface area (Å²) in [5.74, 6) is -0.779. The summed E-state index contributed by atoms with van der Waals surface area (Å²) < 4.78 is 47.2. The Balaban J connectivity index is 1.47. The van der Waals surface area contributed by atoms with Crippen LogP contribution in [0.15, 0.2) is 64.0 Å². The second-order valence-corrected chi connectivity index (χ2v) is 9.72. The van der Waals surface area contributed by atoms with Crippen molar-refractivity contribution in [2.45, 2.75) is 24.7 Å². The summed E-state index contributed by atoms with van der Waals surface area (Å²) in [4.78, 5) is 12.5. The number of amides is 1. The Labute approximate surface area is 191 Å². The molecule has 0 saturated carbocycles. The van der Waals surface area contributed by atoms with Gasteiger partial charge < -0.3 is 9.84 Å². The lowest BCUT2D eigenvalue weighted by atomic mass is 9.97. The van der Waals surface area contributed by atoms with Crippen LogP contribution in [0.3, 0.4) is 0 Å². The van der Waals surface area contributed by atoms with Crippen molar-refractivity contribution in [3.05, 3.63) is 77.4 Å². The number of sulfonamides is 1. The highest BCUT2D eigenvalue weighted by Crippen LogP contribution is 2.29. The van der Waals surface area contributed by atoms with Gasteiger partial charge in [-0.15, -0.1) is 0 Å². The molecule has 0 atom stereocenters. The quantitative estimate of drug-likeness (QED) is 0.580. The maximum absolute atomic E-state index is 13.9. The monoisotopic (exact) mass is 469 g/mol. The van der Waals surface area contributed by atoms with Crippen LogP contribution in [0.2, 0.25) is 0 Å². The molecule has 1 aromatic heterocycles. The van der Waals surface area contributed by atoms with Crippen LogP contribution in [0.1, 0.15) is 29.9 Å². The zero-order valence-corrected chi connectivity index (χ0v) is 18.9. The van der Waals surface area contributed by atoms with E-state index in [9.17, 15) is 17.6 Å². The van der Waals surface area contributed by atoms with Crippen LogP contribution in [-0.4, -0.2) is 36.9 Å². The molecule has 2 heterocycles. The number of halogens is 1. The van der Waals surface area contributed by atoms with Crippen LogP contribution in [0.4, 0.5) is 10.1 Å². The summed E-state index contributed by atoms with van der Waals surface area (Å²) >= 11 is 0. The average molecular weight is 470 g/mol. The van der Waals surface area contributed by atoms with Gasteiger partial charge >= 0.3 is 0 Å². The largest absolute Gasteiger partial charge is 0.355 e. The van der Waals surface area contributed by atoms with Gasteiger partial charge in [0.2, 0.25) is 15.9 Å². The van der Waals surface area contributed by atoms with Crippen molar-refractivity contribution in [2.24, 2.45) is 5.92 Å². The topological polar surface area (TPSA) is 92.5 Å². The number of para-hydroxylation sites is 1. The van der Waals surface area contributed by atoms with Gasteiger partial charge in [-0.3, -0.25) is 4.79 Å². The number of hydrogen-bond acceptors (Lipinski definition) is 5. The van der Waals surface area contributed by atoms with Crippen molar-refractivity contribution >= 4 is 33.8 Å². The molecule has 1 saturated heterocycles. The number of carbonyl (C=O) groups is 1. The zero-order chi connectivity index (χ0) is 23.4. The van der Waals surface area contributed by atoms with Gasteiger partial charge in [-0.2, -0.15) is 4.31 Å². The number of benzene rings is 2. The minimum atomic E-state index is -3.90. The van der Waals surface area contributed by atoms with E-state index >= 15 is 0 Å². The Bertz CT molecular complexity index is 1260. The summed E-state index contributed by atoms with van der Waals surface area (Å²) in [5, 5.41) is 6.69. The highest BCUT2D eigenvalue weighted by atomic mass is 32.2. The first kappa shape index (κ1) is 22.9. The Morgan fingerprint density at radius 1 is 1.09 bits per heavy atom. The molecule has 0 aliphatic carbocycles. The standard InChI is InChI=1S/C24H24FN3O4S/c1-17-23(22(32-27-17)12-11-18-7-5-6-10-21(18)25)33(30,31)28-15-13-19(14-16-28)24(29)26-20-8-3-2-4-9-20/h2-12,19H,13-16H2,1H3,(H,26,29). The van der Waals surface area contributed by atoms with Crippen LogP contribution in [0, 0.1) is 18.7 Å². The lowest BCUT2D eigenvalue weighted by Crippen LogP contribution is -2.41. The molecule has 1 amide bonds. The molecule has 172 valence electrons. The summed E-state index contributed by atoms with van der Waals surface area (Å²) in [7, 11) is -3.90. The third kappa shape index (κ3) is 5.04. The number of nitrogens with zero attached hydrogens (tertiary/aromatic N) is 2. The minimum absolute atomic E-state index is 0.0396. The lowest BCUT2D eigenvalue weighted by molar-refractivity contribution is -0.120. The molecule has 1 aliphatic heterocycles. The van der Waals surface area contributed by atoms with Crippen molar-refractivity contribution in [3.8, 4) is 0 Å². The molecule has 4 rings (SSSR count). The molecule has 0 spiro atoms. The Morgan fingerprint density at radius 2 is 1.76 bits per heavy atom. The first-order chi connectivity index (χ1) is 15.9. The smallest absolute Gasteiger partial charge is 0.248 e. The van der Waals surface area contributed by atoms with Gasteiger partial charge in [-0.1, -0.05) is 41.6 Å². The Kier molecular flexibility index (Phi) is 6.71. The third-order valence-corrected chi connectivity index (χ3v) is 7.67. The van der Waals surface area contributed by atoms with E-state index in [1.165, 1.54) is 22.5 Å². The van der Waals surface area contributed by atoms with Crippen molar-refractivity contribution in [3.63, 3.8) is 0 Å². The number of aryl methyl sites for hydroxylation is 1. The van der Waals surface area contributed by atoms with E-state index in [4.69, 9.17) is 4.52 Å². The zero-order valence-electron chi connectivity index (χ0n) is 18.1. The summed E-state index contributed by atoms with van der Waals surface area (Å²) in [6, 6.07) is 15.3. The van der Waals surface area contributed by atoms with E-state index in [1.54, 1.807) is 25.1 Å². The number of rotatable bonds is 6. The number of carbonyl (C=O) groups excluding carboxylic acids is 1. The molecular weight excluding hydrogens is 445 g/mol. The predicted molar refractivity (Wildman–Crippen MR) is 123 cm³/mol. The highest BCUT2D eigenvalue weighted by Gasteiger charge is 2.35. The number of aromatic nitrogens is 1. The van der Waals surface area contributed by atoms with Crippen LogP contribution < -0.4 is 5.32 Å². The van der Waals surface area contributed by atoms with E-state index in [0.29, 0.717) is 24.1 Å². The van der Waals surface area contributed by atoms with Crippen molar-refractivity contribution in [2.75, 3.05) is 18.4 Å². The molecule has 1 N–H and O–H groups in total. The summed E-state index contributed by atoms with van der Waals surface area (Å²) in [5.41, 5.74) is 1.25. The Morgan fingerprint density at radius 3 is 2.45 bits per heavy atom. The van der Waals surface area contributed by atoms with Gasteiger partial charge in [-0.05, 0) is 50.1 Å². The van der Waals surface area contributed by atoms with Crippen LogP contribution in [-0.2, 0) is 14.8 Å². The van der Waals surface area contributed by atoms with Gasteiger partial charge in [0.25, 0.3) is 0 Å². The number of nitrogens with one attached hydrogen (secondary N) is 1. The average Bonchev–Trinajstić information content (AvgIpc) is 3.20. The highest BCUT2D eigenvalue weighted by molar-refractivity contribution is 7.89. The molecule has 7 nitrogen and oxygen atoms in total. The number of piperidine rings is 1. The third-order valence-electron chi connectivity index (χ3n) is 5.62. The Hall–Kier alpha value is -3.30. The van der Waals surface area contributed by atoms with E-state index < -0.39 is 15.8 Å². The van der Waals surface area contributed by atoms with Gasteiger partial charge in [0, 0.05) is 30.3 Å². The maximum atomic E-state index is 13.9. The SMILES string of the molecule is Cc1noc(C=Cc2ccccc2F)c1S(=O)(=O)N1CCC(C(=O)Nc2ccccc2)CC1. The molecular formula is C24H24FN3O4S. The fourth-order valence-electron chi connectivity index (χ4n) is 3.83. The molecule has 9 heteroatoms. The van der Waals surface area contributed by atoms with Crippen molar-refractivity contribution in [1.82, 2.24) is 9.46 Å². The summed E-state index contributed by atoms with van der Waals surface area (Å²) in [6.07, 6.45) is 3.67. The van der Waals surface area contributed by atoms with E-state index in [-0.39, 0.29) is 41.3 Å². The molecule has 0 unspecified atom stereocenters. The van der Waals surface area contributed by atoms with E-state index in [2.05, 4.69) is 10.5 Å². The lowest BCUT2D eigenvalue weighted by Gasteiger charge is -2.30. The second kappa shape index (κ2) is 9.68. The maximum Gasteiger partial charge on any atom is 0.248 e. The normalized spacial score (nSPS) is 15.7. The van der Waals surface area contributed by atoms with Crippen LogP contribution in [0.5, 0.6) is 0 Å². The van der Waals surface area contributed by atoms with Crippen LogP contribution >= 0.6 is 0 Å². The fourth-order valence-corrected chi connectivity index (χ4v) is 5.55. The molecule has 1 fully saturated rings. The molecule has 2 aromatic carbocycles. The molecule has 1 aliphatic rings. The molecule has 3 aromatic rings. The molecule has 33 heavy (non-hydrogen) atoms. The van der Waals surface area contributed by atoms with Crippen molar-refractivity contribution < 1.29 is 22.1 Å².